The lowest BCUT2D eigenvalue weighted by atomic mass is 9.54. The molecule has 0 spiro atoms. The van der Waals surface area contributed by atoms with Gasteiger partial charge in [0, 0.05) is 24.5 Å². The first-order valence-electron chi connectivity index (χ1n) is 6.92. The van der Waals surface area contributed by atoms with Crippen LogP contribution in [0, 0.1) is 12.3 Å². The number of nitrogens with one attached hydrogen (secondary N) is 1. The van der Waals surface area contributed by atoms with Crippen LogP contribution in [0.4, 0.5) is 0 Å². The second-order valence-electron chi connectivity index (χ2n) is 5.95. The zero-order valence-corrected chi connectivity index (χ0v) is 12.5. The smallest absolute Gasteiger partial charge is 0.241 e. The zero-order chi connectivity index (χ0) is 15.0. The molecule has 1 aliphatic rings. The average molecular weight is 281 g/mol. The highest BCUT2D eigenvalue weighted by molar-refractivity contribution is 5.88. The van der Waals surface area contributed by atoms with Gasteiger partial charge in [-0.2, -0.15) is 0 Å². The maximum absolute atomic E-state index is 12.3. The molecule has 0 aliphatic heterocycles. The van der Waals surface area contributed by atoms with Gasteiger partial charge in [-0.05, 0) is 13.8 Å². The molecule has 1 heterocycles. The summed E-state index contributed by atoms with van der Waals surface area (Å²) in [6.07, 6.45) is 0.565. The highest BCUT2D eigenvalue weighted by Gasteiger charge is 2.62. The van der Waals surface area contributed by atoms with E-state index in [-0.39, 0.29) is 17.4 Å². The fraction of sp³-hybridized carbons (Fsp3) is 0.714. The number of hydrogen-bond donors (Lipinski definition) is 2. The summed E-state index contributed by atoms with van der Waals surface area (Å²) in [5.74, 6) is 0.552. The van der Waals surface area contributed by atoms with E-state index >= 15 is 0 Å². The van der Waals surface area contributed by atoms with E-state index in [0.717, 1.165) is 5.76 Å². The van der Waals surface area contributed by atoms with Crippen molar-refractivity contribution in [2.24, 2.45) is 11.1 Å². The van der Waals surface area contributed by atoms with Crippen molar-refractivity contribution >= 4 is 5.91 Å². The van der Waals surface area contributed by atoms with Gasteiger partial charge in [0.1, 0.15) is 17.0 Å². The van der Waals surface area contributed by atoms with Crippen LogP contribution in [0.3, 0.4) is 0 Å². The van der Waals surface area contributed by atoms with Crippen LogP contribution >= 0.6 is 0 Å². The second-order valence-corrected chi connectivity index (χ2v) is 5.95. The Morgan fingerprint density at radius 1 is 1.65 bits per heavy atom. The molecule has 0 aromatic carbocycles. The second kappa shape index (κ2) is 5.18. The Hall–Kier alpha value is -1.40. The minimum absolute atomic E-state index is 0.0255. The minimum atomic E-state index is -0.897. The Morgan fingerprint density at radius 3 is 2.85 bits per heavy atom. The maximum Gasteiger partial charge on any atom is 0.241 e. The highest BCUT2D eigenvalue weighted by atomic mass is 16.5. The summed E-state index contributed by atoms with van der Waals surface area (Å²) >= 11 is 0. The molecule has 1 amide bonds. The molecule has 20 heavy (non-hydrogen) atoms. The quantitative estimate of drug-likeness (QED) is 0.844. The fourth-order valence-electron chi connectivity index (χ4n) is 2.65. The molecule has 6 heteroatoms. The molecule has 3 N–H and O–H groups in total. The number of carbonyl (C=O) groups excluding carboxylic acids is 1. The predicted octanol–water partition coefficient (Wildman–Crippen LogP) is 1.13. The standard InChI is InChI=1S/C14H23N3O3/c1-5-19-11-7-14(15,13(11,3)4)12(18)16-8-10-6-9(2)20-17-10/h6,11H,5,7-8,15H2,1-4H3,(H,16,18). The van der Waals surface area contributed by atoms with Gasteiger partial charge < -0.3 is 20.3 Å². The average Bonchev–Trinajstić information content (AvgIpc) is 2.81. The first-order valence-corrected chi connectivity index (χ1v) is 6.92. The lowest BCUT2D eigenvalue weighted by molar-refractivity contribution is -0.170. The van der Waals surface area contributed by atoms with E-state index in [9.17, 15) is 4.79 Å². The molecule has 2 atom stereocenters. The third-order valence-corrected chi connectivity index (χ3v) is 4.34. The first kappa shape index (κ1) is 15.0. The zero-order valence-electron chi connectivity index (χ0n) is 12.5. The summed E-state index contributed by atoms with van der Waals surface area (Å²) in [6.45, 7) is 8.64. The molecule has 1 aliphatic carbocycles. The van der Waals surface area contributed by atoms with Crippen LogP contribution in [0.1, 0.15) is 38.6 Å². The van der Waals surface area contributed by atoms with Crippen LogP contribution in [-0.2, 0) is 16.1 Å². The number of hydrogen-bond acceptors (Lipinski definition) is 5. The number of rotatable bonds is 5. The number of amides is 1. The van der Waals surface area contributed by atoms with Crippen LogP contribution in [0.2, 0.25) is 0 Å². The van der Waals surface area contributed by atoms with Crippen molar-refractivity contribution in [3.05, 3.63) is 17.5 Å². The molecule has 1 aromatic rings. The Bertz CT molecular complexity index is 498. The summed E-state index contributed by atoms with van der Waals surface area (Å²) < 4.78 is 10.6. The molecule has 112 valence electrons. The summed E-state index contributed by atoms with van der Waals surface area (Å²) in [5, 5.41) is 6.67. The van der Waals surface area contributed by atoms with Crippen LogP contribution < -0.4 is 11.1 Å². The minimum Gasteiger partial charge on any atom is -0.378 e. The lowest BCUT2D eigenvalue weighted by Gasteiger charge is -2.57. The van der Waals surface area contributed by atoms with Crippen molar-refractivity contribution in [3.63, 3.8) is 0 Å². The molecular formula is C14H23N3O3. The summed E-state index contributed by atoms with van der Waals surface area (Å²) in [5.41, 5.74) is 5.69. The van der Waals surface area contributed by atoms with Crippen LogP contribution in [0.5, 0.6) is 0 Å². The molecule has 2 rings (SSSR count). The Labute approximate surface area is 119 Å². The summed E-state index contributed by atoms with van der Waals surface area (Å²) in [6, 6.07) is 1.79. The first-order chi connectivity index (χ1) is 9.31. The van der Waals surface area contributed by atoms with Gasteiger partial charge in [-0.15, -0.1) is 0 Å². The van der Waals surface area contributed by atoms with Gasteiger partial charge in [-0.25, -0.2) is 0 Å². The van der Waals surface area contributed by atoms with Crippen molar-refractivity contribution in [2.45, 2.75) is 52.3 Å². The molecule has 1 saturated carbocycles. The number of aryl methyl sites for hydroxylation is 1. The fourth-order valence-corrected chi connectivity index (χ4v) is 2.65. The molecule has 6 nitrogen and oxygen atoms in total. The monoisotopic (exact) mass is 281 g/mol. The molecule has 1 aromatic heterocycles. The number of ether oxygens (including phenoxy) is 1. The van der Waals surface area contributed by atoms with E-state index in [2.05, 4.69) is 10.5 Å². The van der Waals surface area contributed by atoms with E-state index in [0.29, 0.717) is 25.3 Å². The maximum atomic E-state index is 12.3. The van der Waals surface area contributed by atoms with E-state index in [1.165, 1.54) is 0 Å². The van der Waals surface area contributed by atoms with Gasteiger partial charge in [0.05, 0.1) is 12.6 Å². The van der Waals surface area contributed by atoms with Gasteiger partial charge in [0.25, 0.3) is 0 Å². The number of nitrogens with two attached hydrogens (primary N) is 1. The summed E-state index contributed by atoms with van der Waals surface area (Å²) in [4.78, 5) is 12.3. The van der Waals surface area contributed by atoms with E-state index < -0.39 is 5.54 Å². The molecule has 0 radical (unpaired) electrons. The van der Waals surface area contributed by atoms with Crippen molar-refractivity contribution < 1.29 is 14.1 Å². The van der Waals surface area contributed by atoms with Crippen LogP contribution in [0.15, 0.2) is 10.6 Å². The van der Waals surface area contributed by atoms with Crippen LogP contribution in [-0.4, -0.2) is 29.3 Å². The Morgan fingerprint density at radius 2 is 2.35 bits per heavy atom. The van der Waals surface area contributed by atoms with Crippen molar-refractivity contribution in [2.75, 3.05) is 6.61 Å². The van der Waals surface area contributed by atoms with Crippen LogP contribution in [0.25, 0.3) is 0 Å². The van der Waals surface area contributed by atoms with Crippen molar-refractivity contribution in [1.82, 2.24) is 10.5 Å². The van der Waals surface area contributed by atoms with E-state index in [4.69, 9.17) is 15.0 Å². The highest BCUT2D eigenvalue weighted by Crippen LogP contribution is 2.49. The Balaban J connectivity index is 1.95. The third-order valence-electron chi connectivity index (χ3n) is 4.34. The van der Waals surface area contributed by atoms with Gasteiger partial charge in [0.15, 0.2) is 0 Å². The van der Waals surface area contributed by atoms with Crippen molar-refractivity contribution in [1.29, 1.82) is 0 Å². The number of carbonyl (C=O) groups is 1. The van der Waals surface area contributed by atoms with Crippen molar-refractivity contribution in [3.8, 4) is 0 Å². The van der Waals surface area contributed by atoms with Gasteiger partial charge in [-0.1, -0.05) is 19.0 Å². The molecule has 1 fully saturated rings. The van der Waals surface area contributed by atoms with E-state index in [1.54, 1.807) is 6.07 Å². The number of aromatic nitrogens is 1. The van der Waals surface area contributed by atoms with E-state index in [1.807, 2.05) is 27.7 Å². The number of nitrogens with zero attached hydrogens (tertiary/aromatic N) is 1. The SMILES string of the molecule is CCOC1CC(N)(C(=O)NCc2cc(C)on2)C1(C)C. The molecule has 2 unspecified atom stereocenters. The van der Waals surface area contributed by atoms with Gasteiger partial charge in [-0.3, -0.25) is 4.79 Å². The molecular weight excluding hydrogens is 258 g/mol. The Kier molecular flexibility index (Phi) is 3.88. The van der Waals surface area contributed by atoms with Gasteiger partial charge >= 0.3 is 0 Å². The molecule has 0 bridgehead atoms. The lowest BCUT2D eigenvalue weighted by Crippen LogP contribution is -2.75. The predicted molar refractivity (Wildman–Crippen MR) is 73.8 cm³/mol. The normalized spacial score (nSPS) is 27.9. The largest absolute Gasteiger partial charge is 0.378 e. The topological polar surface area (TPSA) is 90.4 Å². The molecule has 0 saturated heterocycles. The third kappa shape index (κ3) is 2.33. The summed E-state index contributed by atoms with van der Waals surface area (Å²) in [7, 11) is 0. The van der Waals surface area contributed by atoms with Gasteiger partial charge in [0.2, 0.25) is 5.91 Å².